The summed E-state index contributed by atoms with van der Waals surface area (Å²) in [6.45, 7) is 5.47. The maximum atomic E-state index is 14.2. The van der Waals surface area contributed by atoms with Gasteiger partial charge < -0.3 is 4.90 Å². The van der Waals surface area contributed by atoms with E-state index in [-0.39, 0.29) is 23.0 Å². The molecule has 0 bridgehead atoms. The predicted molar refractivity (Wildman–Crippen MR) is 84.3 cm³/mol. The monoisotopic (exact) mass is 299 g/mol. The van der Waals surface area contributed by atoms with E-state index in [1.165, 1.54) is 23.4 Å². The highest BCUT2D eigenvalue weighted by Crippen LogP contribution is 2.50. The van der Waals surface area contributed by atoms with Gasteiger partial charge >= 0.3 is 0 Å². The van der Waals surface area contributed by atoms with Crippen molar-refractivity contribution >= 4 is 6.08 Å². The summed E-state index contributed by atoms with van der Waals surface area (Å²) in [6.07, 6.45) is 6.88. The second-order valence-corrected chi connectivity index (χ2v) is 7.35. The molecule has 2 aliphatic carbocycles. The van der Waals surface area contributed by atoms with Gasteiger partial charge in [0, 0.05) is 36.3 Å². The minimum absolute atomic E-state index is 0.147. The quantitative estimate of drug-likeness (QED) is 0.675. The molecular formula is C19H19F2N. The molecule has 22 heavy (non-hydrogen) atoms. The molecule has 1 aromatic rings. The summed E-state index contributed by atoms with van der Waals surface area (Å²) in [7, 11) is 2.09. The van der Waals surface area contributed by atoms with Crippen molar-refractivity contribution < 1.29 is 8.78 Å². The first-order valence-corrected chi connectivity index (χ1v) is 7.70. The number of hydrogen-bond donors (Lipinski definition) is 0. The van der Waals surface area contributed by atoms with E-state index in [0.717, 1.165) is 18.5 Å². The summed E-state index contributed by atoms with van der Waals surface area (Å²) in [5.74, 6) is -0.797. The van der Waals surface area contributed by atoms with Gasteiger partial charge in [0.1, 0.15) is 11.6 Å². The third-order valence-electron chi connectivity index (χ3n) is 4.96. The maximum absolute atomic E-state index is 14.2. The molecule has 0 spiro atoms. The third kappa shape index (κ3) is 1.81. The Labute approximate surface area is 129 Å². The number of halogens is 2. The highest BCUT2D eigenvalue weighted by atomic mass is 19.1. The molecule has 0 saturated carbocycles. The van der Waals surface area contributed by atoms with Crippen LogP contribution in [0.4, 0.5) is 8.78 Å². The highest BCUT2D eigenvalue weighted by molar-refractivity contribution is 5.75. The van der Waals surface area contributed by atoms with Crippen LogP contribution in [0.5, 0.6) is 0 Å². The summed E-state index contributed by atoms with van der Waals surface area (Å²) in [6, 6.07) is 2.46. The first-order chi connectivity index (χ1) is 10.4. The van der Waals surface area contributed by atoms with E-state index < -0.39 is 0 Å². The molecule has 3 heteroatoms. The highest BCUT2D eigenvalue weighted by Gasteiger charge is 2.38. The minimum Gasteiger partial charge on any atom is -0.374 e. The standard InChI is InChI=1S/C19H19F2N/c1-19(2)9-14-12-8-13-15(20)5-6-16(21)18(13)11(12)4-7-17(14)22(3)10-19/h4-8,11H,9-10H2,1-3H3. The number of likely N-dealkylation sites (N-methyl/N-ethyl adjacent to an activating group) is 1. The normalized spacial score (nSPS) is 24.9. The molecule has 0 N–H and O–H groups in total. The van der Waals surface area contributed by atoms with E-state index in [2.05, 4.69) is 31.9 Å². The molecule has 1 atom stereocenters. The molecule has 0 fully saturated rings. The van der Waals surface area contributed by atoms with E-state index in [9.17, 15) is 8.78 Å². The van der Waals surface area contributed by atoms with Crippen LogP contribution in [0, 0.1) is 17.0 Å². The summed E-state index contributed by atoms with van der Waals surface area (Å²) >= 11 is 0. The van der Waals surface area contributed by atoms with Gasteiger partial charge in [0.2, 0.25) is 0 Å². The van der Waals surface area contributed by atoms with Gasteiger partial charge in [-0.2, -0.15) is 0 Å². The van der Waals surface area contributed by atoms with E-state index in [4.69, 9.17) is 0 Å². The Balaban J connectivity index is 1.89. The van der Waals surface area contributed by atoms with Gasteiger partial charge in [-0.3, -0.25) is 0 Å². The summed E-state index contributed by atoms with van der Waals surface area (Å²) in [4.78, 5) is 2.25. The van der Waals surface area contributed by atoms with E-state index in [1.807, 2.05) is 12.2 Å². The summed E-state index contributed by atoms with van der Waals surface area (Å²) in [5.41, 5.74) is 4.57. The second-order valence-electron chi connectivity index (χ2n) is 7.35. The predicted octanol–water partition coefficient (Wildman–Crippen LogP) is 4.63. The molecule has 1 nitrogen and oxygen atoms in total. The molecular weight excluding hydrogens is 280 g/mol. The van der Waals surface area contributed by atoms with Crippen LogP contribution >= 0.6 is 0 Å². The van der Waals surface area contributed by atoms with Crippen LogP contribution in [0.15, 0.2) is 41.1 Å². The first kappa shape index (κ1) is 13.7. The number of nitrogens with zero attached hydrogens (tertiary/aromatic N) is 1. The number of fused-ring (bicyclic) bond motifs is 4. The molecule has 114 valence electrons. The van der Waals surface area contributed by atoms with Gasteiger partial charge in [0.25, 0.3) is 0 Å². The van der Waals surface area contributed by atoms with Gasteiger partial charge in [-0.15, -0.1) is 0 Å². The van der Waals surface area contributed by atoms with Crippen LogP contribution < -0.4 is 0 Å². The first-order valence-electron chi connectivity index (χ1n) is 7.70. The van der Waals surface area contributed by atoms with Crippen molar-refractivity contribution in [2.45, 2.75) is 26.2 Å². The molecule has 3 aliphatic rings. The van der Waals surface area contributed by atoms with Crippen LogP contribution in [0.3, 0.4) is 0 Å². The van der Waals surface area contributed by atoms with Gasteiger partial charge in [-0.05, 0) is 47.3 Å². The average Bonchev–Trinajstić information content (AvgIpc) is 2.83. The lowest BCUT2D eigenvalue weighted by Crippen LogP contribution is -2.37. The van der Waals surface area contributed by atoms with Crippen molar-refractivity contribution in [3.05, 3.63) is 63.9 Å². The number of hydrogen-bond acceptors (Lipinski definition) is 1. The Morgan fingerprint density at radius 1 is 1.18 bits per heavy atom. The number of allylic oxidation sites excluding steroid dienone is 4. The molecule has 0 aromatic heterocycles. The Kier molecular flexibility index (Phi) is 2.69. The molecule has 4 rings (SSSR count). The molecule has 0 amide bonds. The van der Waals surface area contributed by atoms with Gasteiger partial charge in [0.15, 0.2) is 0 Å². The zero-order valence-corrected chi connectivity index (χ0v) is 13.1. The van der Waals surface area contributed by atoms with Crippen molar-refractivity contribution in [1.29, 1.82) is 0 Å². The minimum atomic E-state index is -0.336. The third-order valence-corrected chi connectivity index (χ3v) is 4.96. The summed E-state index contributed by atoms with van der Waals surface area (Å²) < 4.78 is 28.3. The average molecular weight is 299 g/mol. The van der Waals surface area contributed by atoms with Crippen molar-refractivity contribution in [3.8, 4) is 0 Å². The SMILES string of the molecule is CN1CC(C)(C)CC2=C1C=CC1C2=Cc2c(F)ccc(F)c21. The lowest BCUT2D eigenvalue weighted by molar-refractivity contribution is 0.222. The molecule has 1 aromatic carbocycles. The Morgan fingerprint density at radius 3 is 2.68 bits per heavy atom. The smallest absolute Gasteiger partial charge is 0.130 e. The fourth-order valence-electron chi connectivity index (χ4n) is 4.17. The zero-order valence-electron chi connectivity index (χ0n) is 13.1. The molecule has 1 heterocycles. The van der Waals surface area contributed by atoms with Crippen LogP contribution in [0.25, 0.3) is 6.08 Å². The summed E-state index contributed by atoms with van der Waals surface area (Å²) in [5, 5.41) is 0. The van der Waals surface area contributed by atoms with Gasteiger partial charge in [0.05, 0.1) is 0 Å². The van der Waals surface area contributed by atoms with Crippen LogP contribution in [0.2, 0.25) is 0 Å². The van der Waals surface area contributed by atoms with E-state index in [1.54, 1.807) is 0 Å². The second kappa shape index (κ2) is 4.31. The fraction of sp³-hybridized carbons (Fsp3) is 0.368. The van der Waals surface area contributed by atoms with Crippen molar-refractivity contribution in [1.82, 2.24) is 4.90 Å². The lowest BCUT2D eigenvalue weighted by atomic mass is 9.74. The van der Waals surface area contributed by atoms with Crippen LogP contribution in [-0.2, 0) is 0 Å². The van der Waals surface area contributed by atoms with Crippen LogP contribution in [-0.4, -0.2) is 18.5 Å². The lowest BCUT2D eigenvalue weighted by Gasteiger charge is -2.42. The number of benzene rings is 1. The number of rotatable bonds is 0. The van der Waals surface area contributed by atoms with E-state index in [0.29, 0.717) is 11.1 Å². The topological polar surface area (TPSA) is 3.24 Å². The van der Waals surface area contributed by atoms with Crippen LogP contribution in [0.1, 0.15) is 37.3 Å². The van der Waals surface area contributed by atoms with E-state index >= 15 is 0 Å². The fourth-order valence-corrected chi connectivity index (χ4v) is 4.17. The molecule has 1 unspecified atom stereocenters. The van der Waals surface area contributed by atoms with Crippen molar-refractivity contribution in [2.75, 3.05) is 13.6 Å². The molecule has 1 aliphatic heterocycles. The molecule has 0 radical (unpaired) electrons. The van der Waals surface area contributed by atoms with Crippen molar-refractivity contribution in [2.24, 2.45) is 5.41 Å². The largest absolute Gasteiger partial charge is 0.374 e. The Morgan fingerprint density at radius 2 is 1.91 bits per heavy atom. The molecule has 0 saturated heterocycles. The Hall–Kier alpha value is -1.90. The zero-order chi connectivity index (χ0) is 15.6. The maximum Gasteiger partial charge on any atom is 0.130 e. The van der Waals surface area contributed by atoms with Crippen molar-refractivity contribution in [3.63, 3.8) is 0 Å². The Bertz CT molecular complexity index is 768. The van der Waals surface area contributed by atoms with Gasteiger partial charge in [-0.25, -0.2) is 8.78 Å². The van der Waals surface area contributed by atoms with Gasteiger partial charge in [-0.1, -0.05) is 19.9 Å².